The zero-order valence-corrected chi connectivity index (χ0v) is 19.1. The van der Waals surface area contributed by atoms with Crippen molar-refractivity contribution < 1.29 is 28.7 Å². The van der Waals surface area contributed by atoms with Crippen molar-refractivity contribution >= 4 is 46.7 Å². The Labute approximate surface area is 196 Å². The summed E-state index contributed by atoms with van der Waals surface area (Å²) in [5, 5.41) is 2.51. The molecule has 0 radical (unpaired) electrons. The summed E-state index contributed by atoms with van der Waals surface area (Å²) in [6, 6.07) is 12.3. The van der Waals surface area contributed by atoms with Gasteiger partial charge in [0.15, 0.2) is 0 Å². The maximum atomic E-state index is 13.0. The van der Waals surface area contributed by atoms with Crippen LogP contribution in [0.5, 0.6) is 0 Å². The van der Waals surface area contributed by atoms with Gasteiger partial charge >= 0.3 is 11.9 Å². The van der Waals surface area contributed by atoms with Crippen molar-refractivity contribution in [3.8, 4) is 0 Å². The lowest BCUT2D eigenvalue weighted by Gasteiger charge is -2.16. The van der Waals surface area contributed by atoms with Crippen LogP contribution in [0, 0.1) is 0 Å². The number of rotatable bonds is 8. The fourth-order valence-corrected chi connectivity index (χ4v) is 3.26. The van der Waals surface area contributed by atoms with E-state index in [0.717, 1.165) is 4.90 Å². The van der Waals surface area contributed by atoms with Gasteiger partial charge in [0.1, 0.15) is 10.7 Å². The molecule has 0 fully saturated rings. The summed E-state index contributed by atoms with van der Waals surface area (Å²) >= 11 is 6.18. The molecule has 3 rings (SSSR count). The third-order valence-corrected chi connectivity index (χ3v) is 4.87. The number of ether oxygens (including phenoxy) is 2. The molecule has 0 atom stereocenters. The van der Waals surface area contributed by atoms with Gasteiger partial charge in [0.2, 0.25) is 0 Å². The minimum absolute atomic E-state index is 0.144. The lowest BCUT2D eigenvalue weighted by atomic mass is 10.2. The van der Waals surface area contributed by atoms with Gasteiger partial charge in [-0.3, -0.25) is 9.59 Å². The number of carbonyl (C=O) groups is 4. The highest BCUT2D eigenvalue weighted by Gasteiger charge is 2.39. The summed E-state index contributed by atoms with van der Waals surface area (Å²) in [6.45, 7) is 5.60. The molecule has 0 aromatic heterocycles. The molecular formula is C24H23ClN2O6. The van der Waals surface area contributed by atoms with Crippen molar-refractivity contribution in [3.63, 3.8) is 0 Å². The number of anilines is 2. The Morgan fingerprint density at radius 3 is 2.33 bits per heavy atom. The van der Waals surface area contributed by atoms with Crippen LogP contribution in [0.3, 0.4) is 0 Å². The number of hydrogen-bond acceptors (Lipinski definition) is 7. The number of benzene rings is 2. The topological polar surface area (TPSA) is 102 Å². The summed E-state index contributed by atoms with van der Waals surface area (Å²) in [5.74, 6) is -2.51. The zero-order chi connectivity index (χ0) is 24.1. The van der Waals surface area contributed by atoms with Crippen molar-refractivity contribution in [3.05, 3.63) is 70.4 Å². The minimum Gasteiger partial charge on any atom is -0.462 e. The van der Waals surface area contributed by atoms with E-state index < -0.39 is 23.8 Å². The van der Waals surface area contributed by atoms with Gasteiger partial charge in [0, 0.05) is 5.69 Å². The number of hydrogen-bond donors (Lipinski definition) is 1. The van der Waals surface area contributed by atoms with Crippen LogP contribution in [0.1, 0.15) is 47.9 Å². The fraction of sp³-hybridized carbons (Fsp3) is 0.250. The summed E-state index contributed by atoms with van der Waals surface area (Å²) in [4.78, 5) is 51.0. The Bertz CT molecular complexity index is 1140. The minimum atomic E-state index is -0.737. The van der Waals surface area contributed by atoms with Crippen molar-refractivity contribution in [1.82, 2.24) is 0 Å². The summed E-state index contributed by atoms with van der Waals surface area (Å²) < 4.78 is 10.3. The predicted molar refractivity (Wildman–Crippen MR) is 123 cm³/mol. The Morgan fingerprint density at radius 2 is 1.67 bits per heavy atom. The van der Waals surface area contributed by atoms with Crippen LogP contribution >= 0.6 is 11.6 Å². The largest absolute Gasteiger partial charge is 0.462 e. The maximum absolute atomic E-state index is 13.0. The van der Waals surface area contributed by atoms with E-state index in [0.29, 0.717) is 12.1 Å². The van der Waals surface area contributed by atoms with Crippen LogP contribution in [-0.4, -0.2) is 36.5 Å². The molecule has 1 heterocycles. The van der Waals surface area contributed by atoms with E-state index in [2.05, 4.69) is 5.32 Å². The molecule has 8 nitrogen and oxygen atoms in total. The van der Waals surface area contributed by atoms with Gasteiger partial charge in [-0.05, 0) is 56.7 Å². The predicted octanol–water partition coefficient (Wildman–Crippen LogP) is 4.25. The van der Waals surface area contributed by atoms with Crippen LogP contribution in [-0.2, 0) is 19.1 Å². The molecule has 2 aromatic rings. The molecule has 0 aliphatic carbocycles. The number of imide groups is 1. The van der Waals surface area contributed by atoms with Gasteiger partial charge in [-0.1, -0.05) is 30.7 Å². The first-order valence-corrected chi connectivity index (χ1v) is 10.7. The molecule has 0 saturated heterocycles. The molecule has 9 heteroatoms. The van der Waals surface area contributed by atoms with Crippen molar-refractivity contribution in [2.24, 2.45) is 0 Å². The Kier molecular flexibility index (Phi) is 7.50. The number of nitrogens with one attached hydrogen (secondary N) is 1. The smallest absolute Gasteiger partial charge is 0.338 e. The second-order valence-electron chi connectivity index (χ2n) is 7.48. The SMILES string of the molecule is CCCOC(=O)c1cccc(N2C(=O)C(Cl)=C(Nc3cccc(C(=O)OC(C)C)c3)C2=O)c1. The summed E-state index contributed by atoms with van der Waals surface area (Å²) in [5.41, 5.74) is 0.893. The lowest BCUT2D eigenvalue weighted by Crippen LogP contribution is -2.32. The molecule has 1 aliphatic heterocycles. The lowest BCUT2D eigenvalue weighted by molar-refractivity contribution is -0.120. The molecule has 1 aliphatic rings. The van der Waals surface area contributed by atoms with Gasteiger partial charge in [-0.2, -0.15) is 0 Å². The molecule has 172 valence electrons. The van der Waals surface area contributed by atoms with E-state index in [1.54, 1.807) is 38.1 Å². The standard InChI is InChI=1S/C24H23ClN2O6/c1-4-11-32-23(30)16-8-6-10-18(13-16)27-21(28)19(25)20(22(27)29)26-17-9-5-7-15(12-17)24(31)33-14(2)3/h5-10,12-14,26H,4,11H2,1-3H3. The summed E-state index contributed by atoms with van der Waals surface area (Å²) in [6.07, 6.45) is 0.378. The number of halogens is 1. The highest BCUT2D eigenvalue weighted by molar-refractivity contribution is 6.53. The van der Waals surface area contributed by atoms with Crippen LogP contribution in [0.2, 0.25) is 0 Å². The third-order valence-electron chi connectivity index (χ3n) is 4.51. The zero-order valence-electron chi connectivity index (χ0n) is 18.4. The normalized spacial score (nSPS) is 13.5. The molecule has 0 spiro atoms. The molecule has 2 aromatic carbocycles. The van der Waals surface area contributed by atoms with Gasteiger partial charge in [0.25, 0.3) is 11.8 Å². The third kappa shape index (κ3) is 5.40. The van der Waals surface area contributed by atoms with Crippen LogP contribution < -0.4 is 10.2 Å². The quantitative estimate of drug-likeness (QED) is 0.454. The Morgan fingerprint density at radius 1 is 1.00 bits per heavy atom. The molecule has 0 saturated carbocycles. The second-order valence-corrected chi connectivity index (χ2v) is 7.86. The molecule has 0 bridgehead atoms. The number of carbonyl (C=O) groups excluding carboxylic acids is 4. The van der Waals surface area contributed by atoms with Crippen LogP contribution in [0.15, 0.2) is 59.3 Å². The van der Waals surface area contributed by atoms with Crippen molar-refractivity contribution in [1.29, 1.82) is 0 Å². The monoisotopic (exact) mass is 470 g/mol. The molecular weight excluding hydrogens is 448 g/mol. The van der Waals surface area contributed by atoms with Gasteiger partial charge in [-0.15, -0.1) is 0 Å². The first-order chi connectivity index (χ1) is 15.7. The Hall–Kier alpha value is -3.65. The van der Waals surface area contributed by atoms with E-state index in [9.17, 15) is 19.2 Å². The average molecular weight is 471 g/mol. The molecule has 0 unspecified atom stereocenters. The highest BCUT2D eigenvalue weighted by atomic mass is 35.5. The van der Waals surface area contributed by atoms with Gasteiger partial charge in [-0.25, -0.2) is 14.5 Å². The fourth-order valence-electron chi connectivity index (χ4n) is 3.05. The van der Waals surface area contributed by atoms with Crippen molar-refractivity contribution in [2.75, 3.05) is 16.8 Å². The van der Waals surface area contributed by atoms with E-state index in [1.165, 1.54) is 24.3 Å². The second kappa shape index (κ2) is 10.3. The number of esters is 2. The Balaban J connectivity index is 1.82. The highest BCUT2D eigenvalue weighted by Crippen LogP contribution is 2.31. The molecule has 2 amide bonds. The first kappa shape index (κ1) is 24.0. The van der Waals surface area contributed by atoms with Crippen LogP contribution in [0.4, 0.5) is 11.4 Å². The van der Waals surface area contributed by atoms with E-state index >= 15 is 0 Å². The summed E-state index contributed by atoms with van der Waals surface area (Å²) in [7, 11) is 0. The maximum Gasteiger partial charge on any atom is 0.338 e. The van der Waals surface area contributed by atoms with E-state index in [4.69, 9.17) is 21.1 Å². The molecule has 1 N–H and O–H groups in total. The van der Waals surface area contributed by atoms with Gasteiger partial charge < -0.3 is 14.8 Å². The average Bonchev–Trinajstić information content (AvgIpc) is 3.00. The molecule has 33 heavy (non-hydrogen) atoms. The van der Waals surface area contributed by atoms with Gasteiger partial charge in [0.05, 0.1) is 29.5 Å². The first-order valence-electron chi connectivity index (χ1n) is 10.4. The van der Waals surface area contributed by atoms with Crippen LogP contribution in [0.25, 0.3) is 0 Å². The number of nitrogens with zero attached hydrogens (tertiary/aromatic N) is 1. The number of amides is 2. The van der Waals surface area contributed by atoms with E-state index in [1.807, 2.05) is 6.92 Å². The van der Waals surface area contributed by atoms with E-state index in [-0.39, 0.29) is 40.3 Å². The van der Waals surface area contributed by atoms with Crippen molar-refractivity contribution in [2.45, 2.75) is 33.3 Å².